The third-order valence-electron chi connectivity index (χ3n) is 4.54. The number of likely N-dealkylation sites (N-methyl/N-ethyl adjacent to an activating group) is 1. The van der Waals surface area contributed by atoms with E-state index in [4.69, 9.17) is 0 Å². The summed E-state index contributed by atoms with van der Waals surface area (Å²) < 4.78 is 1.51. The standard InChI is InChI=1S/C15H18N4O3/c1-18(15(14(21)22)6-3-2-4-7-15)13(20)11-10-17-19-9-5-8-16-12(11)19/h5,8-10H,2-4,6-7H2,1H3,(H,21,22). The van der Waals surface area contributed by atoms with Crippen LogP contribution in [0, 0.1) is 0 Å². The number of hydrogen-bond acceptors (Lipinski definition) is 4. The highest BCUT2D eigenvalue weighted by Gasteiger charge is 2.46. The molecule has 2 aromatic rings. The molecule has 2 aromatic heterocycles. The first kappa shape index (κ1) is 14.5. The second kappa shape index (κ2) is 5.40. The fraction of sp³-hybridized carbons (Fsp3) is 0.467. The van der Waals surface area contributed by atoms with E-state index in [1.165, 1.54) is 15.6 Å². The van der Waals surface area contributed by atoms with E-state index in [0.717, 1.165) is 19.3 Å². The largest absolute Gasteiger partial charge is 0.479 e. The van der Waals surface area contributed by atoms with Crippen molar-refractivity contribution in [2.75, 3.05) is 7.05 Å². The SMILES string of the molecule is CN(C(=O)c1cnn2cccnc12)C1(C(=O)O)CCCCC1. The van der Waals surface area contributed by atoms with Gasteiger partial charge in [0.15, 0.2) is 5.65 Å². The Morgan fingerprint density at radius 1 is 1.32 bits per heavy atom. The zero-order valence-corrected chi connectivity index (χ0v) is 12.4. The summed E-state index contributed by atoms with van der Waals surface area (Å²) in [4.78, 5) is 30.1. The van der Waals surface area contributed by atoms with Gasteiger partial charge >= 0.3 is 5.97 Å². The number of carbonyl (C=O) groups is 2. The van der Waals surface area contributed by atoms with Crippen molar-refractivity contribution >= 4 is 17.5 Å². The third kappa shape index (κ3) is 2.13. The molecular formula is C15H18N4O3. The van der Waals surface area contributed by atoms with Crippen molar-refractivity contribution in [3.63, 3.8) is 0 Å². The number of nitrogens with zero attached hydrogens (tertiary/aromatic N) is 4. The molecule has 0 aromatic carbocycles. The number of rotatable bonds is 3. The molecule has 2 heterocycles. The topological polar surface area (TPSA) is 87.8 Å². The maximum Gasteiger partial charge on any atom is 0.329 e. The molecule has 22 heavy (non-hydrogen) atoms. The number of carboxylic acids is 1. The maximum atomic E-state index is 12.8. The van der Waals surface area contributed by atoms with Crippen LogP contribution >= 0.6 is 0 Å². The molecule has 1 fully saturated rings. The Hall–Kier alpha value is -2.44. The highest BCUT2D eigenvalue weighted by Crippen LogP contribution is 2.34. The third-order valence-corrected chi connectivity index (χ3v) is 4.54. The van der Waals surface area contributed by atoms with Crippen LogP contribution in [0.5, 0.6) is 0 Å². The second-order valence-corrected chi connectivity index (χ2v) is 5.71. The Morgan fingerprint density at radius 2 is 2.05 bits per heavy atom. The van der Waals surface area contributed by atoms with E-state index in [-0.39, 0.29) is 5.91 Å². The van der Waals surface area contributed by atoms with E-state index in [0.29, 0.717) is 24.1 Å². The van der Waals surface area contributed by atoms with Crippen LogP contribution in [-0.4, -0.2) is 49.1 Å². The molecule has 116 valence electrons. The predicted octanol–water partition coefficient (Wildman–Crippen LogP) is 1.59. The molecule has 0 saturated heterocycles. The Bertz CT molecular complexity index is 718. The number of carbonyl (C=O) groups excluding carboxylic acids is 1. The lowest BCUT2D eigenvalue weighted by molar-refractivity contribution is -0.151. The Balaban J connectivity index is 1.98. The van der Waals surface area contributed by atoms with Crippen molar-refractivity contribution in [1.29, 1.82) is 0 Å². The van der Waals surface area contributed by atoms with Gasteiger partial charge in [-0.05, 0) is 18.9 Å². The zero-order valence-electron chi connectivity index (χ0n) is 12.4. The summed E-state index contributed by atoms with van der Waals surface area (Å²) in [6.45, 7) is 0. The highest BCUT2D eigenvalue weighted by atomic mass is 16.4. The molecule has 1 aliphatic rings. The van der Waals surface area contributed by atoms with Gasteiger partial charge in [0, 0.05) is 19.4 Å². The molecule has 1 saturated carbocycles. The van der Waals surface area contributed by atoms with Crippen molar-refractivity contribution in [2.45, 2.75) is 37.6 Å². The molecule has 7 heteroatoms. The minimum atomic E-state index is -1.13. The van der Waals surface area contributed by atoms with Gasteiger partial charge in [-0.25, -0.2) is 14.3 Å². The van der Waals surface area contributed by atoms with Crippen LogP contribution in [0.25, 0.3) is 5.65 Å². The molecule has 0 radical (unpaired) electrons. The summed E-state index contributed by atoms with van der Waals surface area (Å²) in [6, 6.07) is 1.72. The van der Waals surface area contributed by atoms with E-state index in [1.807, 2.05) is 0 Å². The van der Waals surface area contributed by atoms with Gasteiger partial charge in [-0.15, -0.1) is 0 Å². The molecule has 3 rings (SSSR count). The van der Waals surface area contributed by atoms with Crippen LogP contribution in [0.2, 0.25) is 0 Å². The van der Waals surface area contributed by atoms with Gasteiger partial charge in [-0.2, -0.15) is 5.10 Å². The number of aromatic nitrogens is 3. The number of amides is 1. The maximum absolute atomic E-state index is 12.8. The second-order valence-electron chi connectivity index (χ2n) is 5.71. The minimum absolute atomic E-state index is 0.328. The fourth-order valence-electron chi connectivity index (χ4n) is 3.18. The lowest BCUT2D eigenvalue weighted by atomic mass is 9.80. The Morgan fingerprint density at radius 3 is 2.73 bits per heavy atom. The Kier molecular flexibility index (Phi) is 3.56. The number of carboxylic acid groups (broad SMARTS) is 1. The van der Waals surface area contributed by atoms with Gasteiger partial charge in [-0.1, -0.05) is 19.3 Å². The predicted molar refractivity (Wildman–Crippen MR) is 78.5 cm³/mol. The fourth-order valence-corrected chi connectivity index (χ4v) is 3.18. The van der Waals surface area contributed by atoms with E-state index in [1.54, 1.807) is 25.5 Å². The van der Waals surface area contributed by atoms with Crippen molar-refractivity contribution < 1.29 is 14.7 Å². The molecule has 1 N–H and O–H groups in total. The van der Waals surface area contributed by atoms with Gasteiger partial charge in [0.1, 0.15) is 11.1 Å². The molecular weight excluding hydrogens is 284 g/mol. The summed E-state index contributed by atoms with van der Waals surface area (Å²) >= 11 is 0. The molecule has 0 spiro atoms. The highest BCUT2D eigenvalue weighted by molar-refractivity contribution is 6.02. The van der Waals surface area contributed by atoms with Crippen LogP contribution in [-0.2, 0) is 4.79 Å². The molecule has 0 aliphatic heterocycles. The van der Waals surface area contributed by atoms with Gasteiger partial charge in [-0.3, -0.25) is 4.79 Å². The first-order valence-electron chi connectivity index (χ1n) is 7.36. The first-order valence-corrected chi connectivity index (χ1v) is 7.36. The van der Waals surface area contributed by atoms with Crippen molar-refractivity contribution in [3.8, 4) is 0 Å². The van der Waals surface area contributed by atoms with Crippen LogP contribution < -0.4 is 0 Å². The Labute approximate surface area is 127 Å². The molecule has 1 aliphatic carbocycles. The number of aliphatic carboxylic acids is 1. The van der Waals surface area contributed by atoms with Gasteiger partial charge in [0.05, 0.1) is 6.20 Å². The smallest absolute Gasteiger partial charge is 0.329 e. The summed E-state index contributed by atoms with van der Waals surface area (Å²) in [7, 11) is 1.56. The lowest BCUT2D eigenvalue weighted by Crippen LogP contribution is -2.56. The van der Waals surface area contributed by atoms with E-state index < -0.39 is 11.5 Å². The van der Waals surface area contributed by atoms with E-state index in [9.17, 15) is 14.7 Å². The molecule has 0 bridgehead atoms. The van der Waals surface area contributed by atoms with Crippen LogP contribution in [0.4, 0.5) is 0 Å². The molecule has 1 amide bonds. The molecule has 7 nitrogen and oxygen atoms in total. The van der Waals surface area contributed by atoms with Crippen molar-refractivity contribution in [3.05, 3.63) is 30.2 Å². The summed E-state index contributed by atoms with van der Waals surface area (Å²) in [6.07, 6.45) is 8.34. The number of hydrogen-bond donors (Lipinski definition) is 1. The first-order chi connectivity index (χ1) is 10.6. The van der Waals surface area contributed by atoms with Crippen LogP contribution in [0.15, 0.2) is 24.7 Å². The van der Waals surface area contributed by atoms with Gasteiger partial charge in [0.25, 0.3) is 5.91 Å². The minimum Gasteiger partial charge on any atom is -0.479 e. The average molecular weight is 302 g/mol. The molecule has 0 unspecified atom stereocenters. The van der Waals surface area contributed by atoms with Gasteiger partial charge in [0.2, 0.25) is 0 Å². The van der Waals surface area contributed by atoms with Crippen molar-refractivity contribution in [2.24, 2.45) is 0 Å². The number of fused-ring (bicyclic) bond motifs is 1. The summed E-state index contributed by atoms with van der Waals surface area (Å²) in [5.74, 6) is -1.29. The monoisotopic (exact) mass is 302 g/mol. The van der Waals surface area contributed by atoms with E-state index >= 15 is 0 Å². The average Bonchev–Trinajstić information content (AvgIpc) is 2.98. The van der Waals surface area contributed by atoms with Crippen LogP contribution in [0.3, 0.4) is 0 Å². The van der Waals surface area contributed by atoms with E-state index in [2.05, 4.69) is 10.1 Å². The summed E-state index contributed by atoms with van der Waals surface area (Å²) in [5, 5.41) is 13.8. The lowest BCUT2D eigenvalue weighted by Gasteiger charge is -2.40. The zero-order chi connectivity index (χ0) is 15.7. The van der Waals surface area contributed by atoms with Crippen LogP contribution in [0.1, 0.15) is 42.5 Å². The summed E-state index contributed by atoms with van der Waals surface area (Å²) in [5.41, 5.74) is -0.358. The molecule has 0 atom stereocenters. The quantitative estimate of drug-likeness (QED) is 0.930. The normalized spacial score (nSPS) is 17.3. The van der Waals surface area contributed by atoms with Crippen molar-refractivity contribution in [1.82, 2.24) is 19.5 Å². The van der Waals surface area contributed by atoms with Gasteiger partial charge < -0.3 is 10.0 Å².